The zero-order chi connectivity index (χ0) is 25.3. The van der Waals surface area contributed by atoms with Crippen molar-refractivity contribution in [1.82, 2.24) is 0 Å². The van der Waals surface area contributed by atoms with E-state index >= 15 is 8.78 Å². The molecule has 4 aliphatic rings. The number of aliphatic hydroxyl groups excluding tert-OH is 1. The molecule has 2 N–H and O–H groups in total. The van der Waals surface area contributed by atoms with Crippen LogP contribution in [0.4, 0.5) is 8.78 Å². The van der Waals surface area contributed by atoms with Gasteiger partial charge in [-0.05, 0) is 62.2 Å². The molecule has 0 aromatic rings. The molecule has 4 rings (SSSR count). The van der Waals surface area contributed by atoms with Crippen LogP contribution in [0.25, 0.3) is 0 Å². The van der Waals surface area contributed by atoms with Gasteiger partial charge in [0, 0.05) is 23.2 Å². The van der Waals surface area contributed by atoms with Crippen molar-refractivity contribution in [2.45, 2.75) is 83.3 Å². The van der Waals surface area contributed by atoms with Crippen molar-refractivity contribution in [1.29, 1.82) is 0 Å². The second-order valence-corrected chi connectivity index (χ2v) is 11.1. The molecular weight excluding hydrogens is 446 g/mol. The van der Waals surface area contributed by atoms with Crippen molar-refractivity contribution in [3.8, 4) is 0 Å². The first kappa shape index (κ1) is 25.2. The van der Waals surface area contributed by atoms with Gasteiger partial charge in [0.1, 0.15) is 11.8 Å². The Morgan fingerprint density at radius 3 is 2.56 bits per heavy atom. The number of rotatable bonds is 5. The number of ether oxygens (including phenoxy) is 1. The molecule has 0 aromatic carbocycles. The standard InChI is InChI=1S/C26H34F2O6/c1-5-6-22(32)34-13-21(31)26(33)14(2)9-16-17-11-19(27)18-10-15(29)7-8-23(18,3)25(17,28)20(30)12-24(16,26)4/h7-8,10,14,16-17,19-20,30,33H,5-6,9,11-13H2,1-4H3/t14-,16+,17+,19+,20+,23+,24+,25+,26+/m1/s1. The maximum atomic E-state index is 17.1. The molecule has 0 heterocycles. The van der Waals surface area contributed by atoms with Crippen LogP contribution < -0.4 is 0 Å². The maximum Gasteiger partial charge on any atom is 0.306 e. The third-order valence-electron chi connectivity index (χ3n) is 9.45. The molecule has 188 valence electrons. The highest BCUT2D eigenvalue weighted by Gasteiger charge is 2.76. The fourth-order valence-electron chi connectivity index (χ4n) is 7.67. The van der Waals surface area contributed by atoms with Gasteiger partial charge in [0.05, 0.1) is 6.10 Å². The smallest absolute Gasteiger partial charge is 0.306 e. The lowest BCUT2D eigenvalue weighted by atomic mass is 9.44. The van der Waals surface area contributed by atoms with Crippen LogP contribution in [0, 0.1) is 28.6 Å². The third kappa shape index (κ3) is 3.06. The van der Waals surface area contributed by atoms with Crippen molar-refractivity contribution in [2.75, 3.05) is 6.61 Å². The highest BCUT2D eigenvalue weighted by Crippen LogP contribution is 2.70. The summed E-state index contributed by atoms with van der Waals surface area (Å²) in [5.41, 5.74) is -6.97. The molecule has 8 heteroatoms. The molecule has 6 nitrogen and oxygen atoms in total. The van der Waals surface area contributed by atoms with E-state index in [-0.39, 0.29) is 31.3 Å². The summed E-state index contributed by atoms with van der Waals surface area (Å²) >= 11 is 0. The monoisotopic (exact) mass is 480 g/mol. The molecule has 0 amide bonds. The number of aliphatic hydroxyl groups is 2. The predicted octanol–water partition coefficient (Wildman–Crippen LogP) is 3.19. The molecule has 34 heavy (non-hydrogen) atoms. The van der Waals surface area contributed by atoms with Crippen LogP contribution in [0.2, 0.25) is 0 Å². The second-order valence-electron chi connectivity index (χ2n) is 11.1. The maximum absolute atomic E-state index is 17.1. The lowest BCUT2D eigenvalue weighted by Gasteiger charge is -2.63. The van der Waals surface area contributed by atoms with E-state index in [0.29, 0.717) is 6.42 Å². The van der Waals surface area contributed by atoms with Crippen LogP contribution >= 0.6 is 0 Å². The van der Waals surface area contributed by atoms with Crippen molar-refractivity contribution < 1.29 is 38.1 Å². The van der Waals surface area contributed by atoms with Gasteiger partial charge in [-0.15, -0.1) is 0 Å². The SMILES string of the molecule is CCCC(=O)OCC(=O)[C@@]1(O)[C@H](C)C[C@H]2[C@@H]3C[C@H](F)C4=CC(=O)C=C[C@]4(C)[C@@]3(F)[C@@H](O)C[C@@]21C. The van der Waals surface area contributed by atoms with Crippen LogP contribution in [0.15, 0.2) is 23.8 Å². The molecule has 0 unspecified atom stereocenters. The highest BCUT2D eigenvalue weighted by molar-refractivity contribution is 6.01. The normalized spacial score (nSPS) is 47.4. The van der Waals surface area contributed by atoms with Crippen LogP contribution in [0.5, 0.6) is 0 Å². The molecule has 0 aromatic heterocycles. The Bertz CT molecular complexity index is 976. The summed E-state index contributed by atoms with van der Waals surface area (Å²) < 4.78 is 37.6. The van der Waals surface area contributed by atoms with Gasteiger partial charge in [-0.1, -0.05) is 26.8 Å². The average molecular weight is 481 g/mol. The predicted molar refractivity (Wildman–Crippen MR) is 119 cm³/mol. The lowest BCUT2D eigenvalue weighted by Crippen LogP contribution is -2.70. The minimum atomic E-state index is -2.27. The number of ketones is 2. The number of allylic oxidation sites excluding steroid dienone is 4. The summed E-state index contributed by atoms with van der Waals surface area (Å²) in [6.45, 7) is 6.04. The van der Waals surface area contributed by atoms with Gasteiger partial charge >= 0.3 is 5.97 Å². The Kier molecular flexibility index (Phi) is 5.96. The van der Waals surface area contributed by atoms with Gasteiger partial charge in [-0.25, -0.2) is 8.78 Å². The summed E-state index contributed by atoms with van der Waals surface area (Å²) in [5.74, 6) is -3.84. The Morgan fingerprint density at radius 2 is 1.91 bits per heavy atom. The van der Waals surface area contributed by atoms with Crippen LogP contribution in [-0.4, -0.2) is 57.9 Å². The fourth-order valence-corrected chi connectivity index (χ4v) is 7.67. The third-order valence-corrected chi connectivity index (χ3v) is 9.45. The van der Waals surface area contributed by atoms with Crippen molar-refractivity contribution in [3.63, 3.8) is 0 Å². The number of halogens is 2. The minimum absolute atomic E-state index is 0.0293. The van der Waals surface area contributed by atoms with Crippen LogP contribution in [0.3, 0.4) is 0 Å². The van der Waals surface area contributed by atoms with E-state index in [1.54, 1.807) is 20.8 Å². The Balaban J connectivity index is 1.72. The van der Waals surface area contributed by atoms with Gasteiger partial charge in [-0.3, -0.25) is 14.4 Å². The number of fused-ring (bicyclic) bond motifs is 5. The molecule has 0 spiro atoms. The first-order valence-electron chi connectivity index (χ1n) is 12.1. The molecule has 0 saturated heterocycles. The summed E-state index contributed by atoms with van der Waals surface area (Å²) in [4.78, 5) is 37.0. The summed E-state index contributed by atoms with van der Waals surface area (Å²) in [6.07, 6.45) is 0.997. The molecule has 0 aliphatic heterocycles. The number of hydrogen-bond donors (Lipinski definition) is 2. The Labute approximate surface area is 198 Å². The largest absolute Gasteiger partial charge is 0.458 e. The quantitative estimate of drug-likeness (QED) is 0.586. The van der Waals surface area contributed by atoms with E-state index < -0.39 is 76.3 Å². The molecule has 4 aliphatic carbocycles. The van der Waals surface area contributed by atoms with Gasteiger partial charge in [0.25, 0.3) is 0 Å². The topological polar surface area (TPSA) is 101 Å². The second kappa shape index (κ2) is 8.05. The summed E-state index contributed by atoms with van der Waals surface area (Å²) in [5, 5.41) is 23.0. The lowest BCUT2D eigenvalue weighted by molar-refractivity contribution is -0.224. The first-order chi connectivity index (χ1) is 15.8. The number of hydrogen-bond acceptors (Lipinski definition) is 6. The first-order valence-corrected chi connectivity index (χ1v) is 12.1. The molecule has 0 radical (unpaired) electrons. The van der Waals surface area contributed by atoms with Gasteiger partial charge in [-0.2, -0.15) is 0 Å². The molecule has 3 saturated carbocycles. The summed E-state index contributed by atoms with van der Waals surface area (Å²) in [7, 11) is 0. The van der Waals surface area contributed by atoms with Gasteiger partial charge in [0.15, 0.2) is 18.1 Å². The van der Waals surface area contributed by atoms with E-state index in [1.165, 1.54) is 19.1 Å². The highest BCUT2D eigenvalue weighted by atomic mass is 19.1. The van der Waals surface area contributed by atoms with Crippen molar-refractivity contribution >= 4 is 17.5 Å². The Hall–Kier alpha value is -1.93. The minimum Gasteiger partial charge on any atom is -0.458 e. The van der Waals surface area contributed by atoms with Crippen LogP contribution in [-0.2, 0) is 19.1 Å². The van der Waals surface area contributed by atoms with E-state index in [1.807, 2.05) is 0 Å². The number of carbonyl (C=O) groups is 3. The summed E-state index contributed by atoms with van der Waals surface area (Å²) in [6, 6.07) is 0. The number of alkyl halides is 2. The molecule has 9 atom stereocenters. The van der Waals surface area contributed by atoms with E-state index in [2.05, 4.69) is 0 Å². The fraction of sp³-hybridized carbons (Fsp3) is 0.731. The zero-order valence-corrected chi connectivity index (χ0v) is 20.1. The van der Waals surface area contributed by atoms with E-state index in [0.717, 1.165) is 6.08 Å². The molecule has 3 fully saturated rings. The zero-order valence-electron chi connectivity index (χ0n) is 20.1. The van der Waals surface area contributed by atoms with Crippen molar-refractivity contribution in [2.24, 2.45) is 28.6 Å². The molecular formula is C26H34F2O6. The number of Topliss-reactive ketones (excluding diaryl/α,β-unsaturated/α-hetero) is 1. The van der Waals surface area contributed by atoms with Gasteiger partial charge < -0.3 is 14.9 Å². The number of carbonyl (C=O) groups excluding carboxylic acids is 3. The number of esters is 1. The molecule has 0 bridgehead atoms. The van der Waals surface area contributed by atoms with Gasteiger partial charge in [0.2, 0.25) is 5.78 Å². The Morgan fingerprint density at radius 1 is 1.24 bits per heavy atom. The van der Waals surface area contributed by atoms with Crippen LogP contribution in [0.1, 0.15) is 59.8 Å². The van der Waals surface area contributed by atoms with E-state index in [4.69, 9.17) is 4.74 Å². The van der Waals surface area contributed by atoms with Crippen molar-refractivity contribution in [3.05, 3.63) is 23.8 Å². The van der Waals surface area contributed by atoms with E-state index in [9.17, 15) is 24.6 Å². The average Bonchev–Trinajstić information content (AvgIpc) is 2.97.